The number of halogens is 2. The zero-order chi connectivity index (χ0) is 12.4. The highest BCUT2D eigenvalue weighted by Crippen LogP contribution is 2.31. The van der Waals surface area contributed by atoms with E-state index in [4.69, 9.17) is 0 Å². The van der Waals surface area contributed by atoms with Crippen molar-refractivity contribution < 1.29 is 8.78 Å². The Morgan fingerprint density at radius 3 is 2.29 bits per heavy atom. The molecule has 0 amide bonds. The molecule has 1 N–H and O–H groups in total. The molecular formula is C14H19F2N. The van der Waals surface area contributed by atoms with Gasteiger partial charge in [-0.15, -0.1) is 0 Å². The van der Waals surface area contributed by atoms with E-state index < -0.39 is 11.6 Å². The summed E-state index contributed by atoms with van der Waals surface area (Å²) >= 11 is 0. The van der Waals surface area contributed by atoms with Crippen molar-refractivity contribution in [3.8, 4) is 0 Å². The first-order valence-corrected chi connectivity index (χ1v) is 6.24. The van der Waals surface area contributed by atoms with Crippen molar-refractivity contribution in [2.24, 2.45) is 11.8 Å². The highest BCUT2D eigenvalue weighted by atomic mass is 19.1. The molecular weight excluding hydrogens is 220 g/mol. The second-order valence-corrected chi connectivity index (χ2v) is 5.18. The van der Waals surface area contributed by atoms with Crippen molar-refractivity contribution in [3.63, 3.8) is 0 Å². The third-order valence-electron chi connectivity index (χ3n) is 3.96. The van der Waals surface area contributed by atoms with Crippen molar-refractivity contribution in [1.29, 1.82) is 0 Å². The van der Waals surface area contributed by atoms with Gasteiger partial charge in [0.1, 0.15) is 11.6 Å². The van der Waals surface area contributed by atoms with Gasteiger partial charge in [-0.1, -0.05) is 13.8 Å². The predicted molar refractivity (Wildman–Crippen MR) is 64.5 cm³/mol. The van der Waals surface area contributed by atoms with Crippen LogP contribution in [0.3, 0.4) is 0 Å². The average Bonchev–Trinajstić information content (AvgIpc) is 2.56. The Kier molecular flexibility index (Phi) is 3.77. The van der Waals surface area contributed by atoms with Crippen LogP contribution in [0.1, 0.15) is 32.3 Å². The van der Waals surface area contributed by atoms with E-state index in [0.29, 0.717) is 24.1 Å². The van der Waals surface area contributed by atoms with Gasteiger partial charge >= 0.3 is 0 Å². The quantitative estimate of drug-likeness (QED) is 0.851. The highest BCUT2D eigenvalue weighted by Gasteiger charge is 2.28. The average molecular weight is 239 g/mol. The largest absolute Gasteiger partial charge is 0.310 e. The van der Waals surface area contributed by atoms with Crippen molar-refractivity contribution in [1.82, 2.24) is 5.32 Å². The van der Waals surface area contributed by atoms with E-state index in [1.165, 1.54) is 18.6 Å². The van der Waals surface area contributed by atoms with Crippen LogP contribution in [-0.2, 0) is 6.54 Å². The van der Waals surface area contributed by atoms with E-state index in [2.05, 4.69) is 19.2 Å². The van der Waals surface area contributed by atoms with Gasteiger partial charge in [-0.3, -0.25) is 0 Å². The van der Waals surface area contributed by atoms with Gasteiger partial charge in [0.2, 0.25) is 0 Å². The number of rotatable bonds is 3. The molecule has 0 bridgehead atoms. The highest BCUT2D eigenvalue weighted by molar-refractivity contribution is 5.17. The van der Waals surface area contributed by atoms with Crippen molar-refractivity contribution in [3.05, 3.63) is 35.4 Å². The molecule has 2 rings (SSSR count). The first-order valence-electron chi connectivity index (χ1n) is 6.24. The van der Waals surface area contributed by atoms with Crippen LogP contribution < -0.4 is 5.32 Å². The number of benzene rings is 1. The fourth-order valence-corrected chi connectivity index (χ4v) is 2.61. The lowest BCUT2D eigenvalue weighted by molar-refractivity contribution is 0.369. The molecule has 0 heterocycles. The molecule has 1 aromatic rings. The molecule has 1 aromatic carbocycles. The molecule has 17 heavy (non-hydrogen) atoms. The van der Waals surface area contributed by atoms with Crippen LogP contribution in [0.5, 0.6) is 0 Å². The topological polar surface area (TPSA) is 12.0 Å². The van der Waals surface area contributed by atoms with Crippen molar-refractivity contribution in [2.75, 3.05) is 0 Å². The van der Waals surface area contributed by atoms with E-state index in [1.54, 1.807) is 0 Å². The molecule has 3 heteroatoms. The molecule has 0 spiro atoms. The number of nitrogens with one attached hydrogen (secondary N) is 1. The summed E-state index contributed by atoms with van der Waals surface area (Å²) in [5, 5.41) is 3.40. The summed E-state index contributed by atoms with van der Waals surface area (Å²) < 4.78 is 26.0. The van der Waals surface area contributed by atoms with Crippen LogP contribution in [0.25, 0.3) is 0 Å². The van der Waals surface area contributed by atoms with Gasteiger partial charge in [-0.05, 0) is 42.4 Å². The molecule has 1 fully saturated rings. The summed E-state index contributed by atoms with van der Waals surface area (Å²) in [6.45, 7) is 5.03. The Morgan fingerprint density at radius 1 is 1.12 bits per heavy atom. The van der Waals surface area contributed by atoms with Crippen molar-refractivity contribution in [2.45, 2.75) is 39.3 Å². The minimum absolute atomic E-state index is 0.469. The van der Waals surface area contributed by atoms with Gasteiger partial charge in [-0.25, -0.2) is 8.78 Å². The molecule has 0 saturated heterocycles. The monoisotopic (exact) mass is 239 g/mol. The maximum Gasteiger partial charge on any atom is 0.126 e. The van der Waals surface area contributed by atoms with E-state index in [0.717, 1.165) is 18.4 Å². The minimum atomic E-state index is -0.505. The fourth-order valence-electron chi connectivity index (χ4n) is 2.61. The Labute approximate surface area is 101 Å². The van der Waals surface area contributed by atoms with Gasteiger partial charge < -0.3 is 5.32 Å². The van der Waals surface area contributed by atoms with Crippen LogP contribution in [0.4, 0.5) is 8.78 Å². The normalized spacial score (nSPS) is 28.6. The molecule has 0 aromatic heterocycles. The van der Waals surface area contributed by atoms with Crippen LogP contribution in [0.2, 0.25) is 0 Å². The lowest BCUT2D eigenvalue weighted by Crippen LogP contribution is -2.31. The minimum Gasteiger partial charge on any atom is -0.310 e. The number of hydrogen-bond donors (Lipinski definition) is 1. The molecule has 94 valence electrons. The summed E-state index contributed by atoms with van der Waals surface area (Å²) in [4.78, 5) is 0. The molecule has 1 aliphatic carbocycles. The van der Waals surface area contributed by atoms with Gasteiger partial charge in [-0.2, -0.15) is 0 Å². The predicted octanol–water partition coefficient (Wildman–Crippen LogP) is 3.49. The Bertz CT molecular complexity index is 372. The summed E-state index contributed by atoms with van der Waals surface area (Å²) in [6, 6.07) is 4.15. The summed E-state index contributed by atoms with van der Waals surface area (Å²) in [5.41, 5.74) is 0.675. The van der Waals surface area contributed by atoms with Crippen LogP contribution in [0, 0.1) is 23.5 Å². The molecule has 1 saturated carbocycles. The summed E-state index contributed by atoms with van der Waals surface area (Å²) in [5.74, 6) is 0.356. The molecule has 3 atom stereocenters. The van der Waals surface area contributed by atoms with Gasteiger partial charge in [0, 0.05) is 18.7 Å². The first kappa shape index (κ1) is 12.5. The Hall–Kier alpha value is -0.960. The van der Waals surface area contributed by atoms with Gasteiger partial charge in [0.15, 0.2) is 0 Å². The van der Waals surface area contributed by atoms with Crippen LogP contribution in [0.15, 0.2) is 18.2 Å². The Morgan fingerprint density at radius 2 is 1.76 bits per heavy atom. The first-order chi connectivity index (χ1) is 8.06. The van der Waals surface area contributed by atoms with Gasteiger partial charge in [0.25, 0.3) is 0 Å². The van der Waals surface area contributed by atoms with E-state index >= 15 is 0 Å². The maximum absolute atomic E-state index is 13.0. The van der Waals surface area contributed by atoms with Crippen molar-refractivity contribution >= 4 is 0 Å². The van der Waals surface area contributed by atoms with Crippen LogP contribution >= 0.6 is 0 Å². The fraction of sp³-hybridized carbons (Fsp3) is 0.571. The smallest absolute Gasteiger partial charge is 0.126 e. The SMILES string of the molecule is CC1CCC(NCc2cc(F)cc(F)c2)C1C. The Balaban J connectivity index is 1.94. The van der Waals surface area contributed by atoms with Crippen LogP contribution in [-0.4, -0.2) is 6.04 Å². The zero-order valence-electron chi connectivity index (χ0n) is 10.3. The third kappa shape index (κ3) is 3.03. The van der Waals surface area contributed by atoms with E-state index in [-0.39, 0.29) is 0 Å². The lowest BCUT2D eigenvalue weighted by Gasteiger charge is -2.19. The standard InChI is InChI=1S/C14H19F2N/c1-9-3-4-14(10(9)2)17-8-11-5-12(15)7-13(16)6-11/h5-7,9-10,14,17H,3-4,8H2,1-2H3. The summed E-state index contributed by atoms with van der Waals surface area (Å²) in [6.07, 6.45) is 2.39. The lowest BCUT2D eigenvalue weighted by atomic mass is 9.97. The second kappa shape index (κ2) is 5.13. The number of hydrogen-bond acceptors (Lipinski definition) is 1. The molecule has 0 aliphatic heterocycles. The second-order valence-electron chi connectivity index (χ2n) is 5.18. The van der Waals surface area contributed by atoms with Gasteiger partial charge in [0.05, 0.1) is 0 Å². The molecule has 3 unspecified atom stereocenters. The third-order valence-corrected chi connectivity index (χ3v) is 3.96. The zero-order valence-corrected chi connectivity index (χ0v) is 10.3. The molecule has 1 nitrogen and oxygen atoms in total. The maximum atomic E-state index is 13.0. The van der Waals surface area contributed by atoms with E-state index in [9.17, 15) is 8.78 Å². The molecule has 1 aliphatic rings. The van der Waals surface area contributed by atoms with E-state index in [1.807, 2.05) is 0 Å². The summed E-state index contributed by atoms with van der Waals surface area (Å²) in [7, 11) is 0. The molecule has 0 radical (unpaired) electrons.